The van der Waals surface area contributed by atoms with Gasteiger partial charge in [-0.1, -0.05) is 0 Å². The molecule has 0 radical (unpaired) electrons. The highest BCUT2D eigenvalue weighted by Gasteiger charge is 2.33. The predicted molar refractivity (Wildman–Crippen MR) is 80.6 cm³/mol. The van der Waals surface area contributed by atoms with Crippen molar-refractivity contribution in [3.63, 3.8) is 0 Å². The van der Waals surface area contributed by atoms with Gasteiger partial charge in [-0.25, -0.2) is 0 Å². The zero-order chi connectivity index (χ0) is 12.7. The first kappa shape index (κ1) is 12.4. The largest absolute Gasteiger partial charge is 0.311 e. The lowest BCUT2D eigenvalue weighted by Crippen LogP contribution is -2.39. The number of rotatable bonds is 3. The van der Waals surface area contributed by atoms with Crippen molar-refractivity contribution in [3.8, 4) is 0 Å². The highest BCUT2D eigenvalue weighted by Crippen LogP contribution is 2.33. The number of hydrogen-bond donors (Lipinski definition) is 1. The fourth-order valence-corrected chi connectivity index (χ4v) is 5.16. The summed E-state index contributed by atoms with van der Waals surface area (Å²) in [6, 6.07) is 4.04. The molecule has 2 nitrogen and oxygen atoms in total. The van der Waals surface area contributed by atoms with Crippen molar-refractivity contribution in [2.75, 3.05) is 13.1 Å². The molecular formula is C16H24N2S. The molecule has 1 aromatic heterocycles. The first-order valence-corrected chi connectivity index (χ1v) is 8.78. The summed E-state index contributed by atoms with van der Waals surface area (Å²) < 4.78 is 0. The molecule has 1 N–H and O–H groups in total. The topological polar surface area (TPSA) is 15.3 Å². The Morgan fingerprint density at radius 2 is 2.11 bits per heavy atom. The molecule has 2 fully saturated rings. The third-order valence-electron chi connectivity index (χ3n) is 5.31. The van der Waals surface area contributed by atoms with Crippen molar-refractivity contribution in [2.45, 2.75) is 57.2 Å². The molecule has 2 atom stereocenters. The number of fused-ring (bicyclic) bond motifs is 3. The minimum absolute atomic E-state index is 0.855. The Kier molecular flexibility index (Phi) is 3.38. The number of piperidine rings is 1. The molecular weight excluding hydrogens is 252 g/mol. The molecule has 3 aliphatic heterocycles. The van der Waals surface area contributed by atoms with E-state index in [1.807, 2.05) is 11.3 Å². The highest BCUT2D eigenvalue weighted by atomic mass is 32.1. The summed E-state index contributed by atoms with van der Waals surface area (Å²) in [4.78, 5) is 4.31. The average molecular weight is 276 g/mol. The Balaban J connectivity index is 1.29. The zero-order valence-electron chi connectivity index (χ0n) is 11.6. The van der Waals surface area contributed by atoms with E-state index in [-0.39, 0.29) is 0 Å². The van der Waals surface area contributed by atoms with Crippen LogP contribution in [0, 0.1) is 5.92 Å². The second-order valence-electron chi connectivity index (χ2n) is 6.66. The molecule has 104 valence electrons. The monoisotopic (exact) mass is 276 g/mol. The smallest absolute Gasteiger partial charge is 0.0244 e. The summed E-state index contributed by atoms with van der Waals surface area (Å²) in [6.45, 7) is 3.81. The molecule has 0 saturated carbocycles. The quantitative estimate of drug-likeness (QED) is 0.913. The number of nitrogens with zero attached hydrogens (tertiary/aromatic N) is 1. The first-order chi connectivity index (χ1) is 9.37. The van der Waals surface area contributed by atoms with Crippen LogP contribution in [0.15, 0.2) is 11.4 Å². The maximum atomic E-state index is 3.76. The molecule has 3 heteroatoms. The van der Waals surface area contributed by atoms with E-state index in [1.54, 1.807) is 10.4 Å². The molecule has 1 aromatic rings. The molecule has 2 saturated heterocycles. The summed E-state index contributed by atoms with van der Waals surface area (Å²) >= 11 is 1.95. The lowest BCUT2D eigenvalue weighted by atomic mass is 9.89. The molecule has 4 rings (SSSR count). The van der Waals surface area contributed by atoms with Gasteiger partial charge >= 0.3 is 0 Å². The van der Waals surface area contributed by atoms with Gasteiger partial charge in [0.25, 0.3) is 0 Å². The zero-order valence-corrected chi connectivity index (χ0v) is 12.4. The summed E-state index contributed by atoms with van der Waals surface area (Å²) in [5, 5.41) is 6.02. The van der Waals surface area contributed by atoms with E-state index in [9.17, 15) is 0 Å². The number of hydrogen-bond acceptors (Lipinski definition) is 3. The third kappa shape index (κ3) is 2.61. The third-order valence-corrected chi connectivity index (χ3v) is 6.33. The van der Waals surface area contributed by atoms with Gasteiger partial charge in [-0.05, 0) is 68.0 Å². The minimum atomic E-state index is 0.855. The minimum Gasteiger partial charge on any atom is -0.311 e. The molecule has 0 amide bonds. The van der Waals surface area contributed by atoms with Gasteiger partial charge in [0, 0.05) is 30.1 Å². The summed E-state index contributed by atoms with van der Waals surface area (Å²) in [5.74, 6) is 0.989. The normalized spacial score (nSPS) is 34.4. The highest BCUT2D eigenvalue weighted by molar-refractivity contribution is 7.10. The maximum absolute atomic E-state index is 3.76. The number of thiophene rings is 1. The van der Waals surface area contributed by atoms with Crippen LogP contribution < -0.4 is 5.32 Å². The molecule has 0 aromatic carbocycles. The molecule has 2 bridgehead atoms. The van der Waals surface area contributed by atoms with E-state index in [2.05, 4.69) is 21.7 Å². The van der Waals surface area contributed by atoms with Crippen molar-refractivity contribution >= 4 is 11.3 Å². The van der Waals surface area contributed by atoms with Crippen molar-refractivity contribution < 1.29 is 0 Å². The van der Waals surface area contributed by atoms with Crippen LogP contribution in [-0.4, -0.2) is 30.1 Å². The van der Waals surface area contributed by atoms with E-state index >= 15 is 0 Å². The van der Waals surface area contributed by atoms with Crippen LogP contribution in [0.3, 0.4) is 0 Å². The molecule has 19 heavy (non-hydrogen) atoms. The molecule has 0 spiro atoms. The van der Waals surface area contributed by atoms with E-state index < -0.39 is 0 Å². The van der Waals surface area contributed by atoms with Crippen LogP contribution in [-0.2, 0) is 13.0 Å². The van der Waals surface area contributed by atoms with E-state index in [1.165, 1.54) is 58.2 Å². The second-order valence-corrected chi connectivity index (χ2v) is 7.66. The van der Waals surface area contributed by atoms with Gasteiger partial charge in [0.1, 0.15) is 0 Å². The van der Waals surface area contributed by atoms with Gasteiger partial charge in [-0.2, -0.15) is 0 Å². The van der Waals surface area contributed by atoms with Crippen molar-refractivity contribution in [2.24, 2.45) is 5.92 Å². The SMILES string of the molecule is c1cc2c(s1)CCN(CCC1CC3CCC(C1)N3)C2. The molecule has 2 unspecified atom stereocenters. The number of nitrogens with one attached hydrogen (secondary N) is 1. The van der Waals surface area contributed by atoms with Crippen LogP contribution in [0.2, 0.25) is 0 Å². The Morgan fingerprint density at radius 1 is 1.26 bits per heavy atom. The van der Waals surface area contributed by atoms with Gasteiger partial charge in [-0.15, -0.1) is 11.3 Å². The fourth-order valence-electron chi connectivity index (χ4n) is 4.27. The lowest BCUT2D eigenvalue weighted by molar-refractivity contribution is 0.207. The molecule has 0 aliphatic carbocycles. The van der Waals surface area contributed by atoms with Crippen LogP contribution in [0.1, 0.15) is 42.5 Å². The fraction of sp³-hybridized carbons (Fsp3) is 0.750. The van der Waals surface area contributed by atoms with Crippen LogP contribution >= 0.6 is 11.3 Å². The summed E-state index contributed by atoms with van der Waals surface area (Å²) in [7, 11) is 0. The lowest BCUT2D eigenvalue weighted by Gasteiger charge is -2.32. The van der Waals surface area contributed by atoms with Gasteiger partial charge in [-0.3, -0.25) is 4.90 Å². The predicted octanol–water partition coefficient (Wildman–Crippen LogP) is 3.03. The van der Waals surface area contributed by atoms with E-state index in [0.29, 0.717) is 0 Å². The van der Waals surface area contributed by atoms with Crippen LogP contribution in [0.4, 0.5) is 0 Å². The van der Waals surface area contributed by atoms with Gasteiger partial charge in [0.2, 0.25) is 0 Å². The van der Waals surface area contributed by atoms with Gasteiger partial charge in [0.05, 0.1) is 0 Å². The van der Waals surface area contributed by atoms with Gasteiger partial charge < -0.3 is 5.32 Å². The second kappa shape index (κ2) is 5.19. The summed E-state index contributed by atoms with van der Waals surface area (Å²) in [6.07, 6.45) is 8.45. The van der Waals surface area contributed by atoms with Crippen molar-refractivity contribution in [1.82, 2.24) is 10.2 Å². The Hall–Kier alpha value is -0.380. The summed E-state index contributed by atoms with van der Waals surface area (Å²) in [5.41, 5.74) is 1.60. The Bertz CT molecular complexity index is 430. The Morgan fingerprint density at radius 3 is 2.95 bits per heavy atom. The van der Waals surface area contributed by atoms with Crippen LogP contribution in [0.5, 0.6) is 0 Å². The maximum Gasteiger partial charge on any atom is 0.0244 e. The standard InChI is InChI=1S/C16H24N2S/c1-2-15-10-12(9-14(1)17-15)3-6-18-7-4-16-13(11-18)5-8-19-16/h5,8,12,14-15,17H,1-4,6-7,9-11H2. The average Bonchev–Trinajstić information content (AvgIpc) is 3.02. The molecule has 4 heterocycles. The molecule has 3 aliphatic rings. The van der Waals surface area contributed by atoms with Crippen LogP contribution in [0.25, 0.3) is 0 Å². The Labute approximate surface area is 120 Å². The van der Waals surface area contributed by atoms with Gasteiger partial charge in [0.15, 0.2) is 0 Å². The first-order valence-electron chi connectivity index (χ1n) is 7.90. The van der Waals surface area contributed by atoms with Crippen molar-refractivity contribution in [3.05, 3.63) is 21.9 Å². The van der Waals surface area contributed by atoms with E-state index in [4.69, 9.17) is 0 Å². The van der Waals surface area contributed by atoms with Crippen molar-refractivity contribution in [1.29, 1.82) is 0 Å². The van der Waals surface area contributed by atoms with E-state index in [0.717, 1.165) is 18.0 Å².